The monoisotopic (exact) mass is 240 g/mol. The molecule has 1 amide bonds. The Balaban J connectivity index is 1.82. The number of hydrogen-bond acceptors (Lipinski definition) is 3. The van der Waals surface area contributed by atoms with E-state index in [-0.39, 0.29) is 18.6 Å². The summed E-state index contributed by atoms with van der Waals surface area (Å²) >= 11 is 0. The second kappa shape index (κ2) is 5.36. The Morgan fingerprint density at radius 2 is 2.06 bits per heavy atom. The minimum absolute atomic E-state index is 0.134. The highest BCUT2D eigenvalue weighted by Crippen LogP contribution is 2.38. The Kier molecular flexibility index (Phi) is 4.05. The zero-order valence-corrected chi connectivity index (χ0v) is 11.0. The minimum atomic E-state index is 0.134. The van der Waals surface area contributed by atoms with Gasteiger partial charge in [-0.2, -0.15) is 0 Å². The van der Waals surface area contributed by atoms with Crippen LogP contribution < -0.4 is 5.32 Å². The lowest BCUT2D eigenvalue weighted by atomic mass is 9.78. The van der Waals surface area contributed by atoms with Crippen LogP contribution in [0.5, 0.6) is 0 Å². The lowest BCUT2D eigenvalue weighted by Crippen LogP contribution is -2.40. The van der Waals surface area contributed by atoms with Crippen LogP contribution in [0.15, 0.2) is 0 Å². The molecule has 1 spiro atoms. The van der Waals surface area contributed by atoms with Crippen LogP contribution in [0.3, 0.4) is 0 Å². The van der Waals surface area contributed by atoms with E-state index in [4.69, 9.17) is 4.74 Å². The van der Waals surface area contributed by atoms with E-state index in [2.05, 4.69) is 5.32 Å². The molecule has 0 radical (unpaired) electrons. The van der Waals surface area contributed by atoms with Gasteiger partial charge in [0.25, 0.3) is 0 Å². The number of carbonyl (C=O) groups excluding carboxylic acids is 1. The highest BCUT2D eigenvalue weighted by molar-refractivity contribution is 5.77. The Morgan fingerprint density at radius 1 is 1.35 bits per heavy atom. The molecule has 2 fully saturated rings. The van der Waals surface area contributed by atoms with Crippen LogP contribution in [0.2, 0.25) is 0 Å². The van der Waals surface area contributed by atoms with Crippen molar-refractivity contribution in [3.8, 4) is 0 Å². The van der Waals surface area contributed by atoms with Gasteiger partial charge in [0.1, 0.15) is 6.61 Å². The van der Waals surface area contributed by atoms with Gasteiger partial charge in [0.15, 0.2) is 0 Å². The SMILES string of the molecule is CC(C)OCC(=O)N1CCC2(CCNCC2)C1. The second-order valence-corrected chi connectivity index (χ2v) is 5.68. The van der Waals surface area contributed by atoms with Crippen LogP contribution in [0.25, 0.3) is 0 Å². The number of carbonyl (C=O) groups is 1. The smallest absolute Gasteiger partial charge is 0.248 e. The molecule has 98 valence electrons. The summed E-state index contributed by atoms with van der Waals surface area (Å²) in [6, 6.07) is 0. The van der Waals surface area contributed by atoms with E-state index in [0.717, 1.165) is 26.2 Å². The molecule has 2 rings (SSSR count). The molecule has 2 aliphatic rings. The van der Waals surface area contributed by atoms with Crippen molar-refractivity contribution in [1.82, 2.24) is 10.2 Å². The molecule has 2 saturated heterocycles. The van der Waals surface area contributed by atoms with Crippen LogP contribution in [0.4, 0.5) is 0 Å². The average molecular weight is 240 g/mol. The van der Waals surface area contributed by atoms with Gasteiger partial charge in [0.05, 0.1) is 6.10 Å². The van der Waals surface area contributed by atoms with Crippen LogP contribution in [0, 0.1) is 5.41 Å². The third kappa shape index (κ3) is 3.19. The Labute approximate surface area is 104 Å². The maximum Gasteiger partial charge on any atom is 0.248 e. The molecular weight excluding hydrogens is 216 g/mol. The summed E-state index contributed by atoms with van der Waals surface area (Å²) in [4.78, 5) is 14.0. The van der Waals surface area contributed by atoms with Crippen LogP contribution in [-0.4, -0.2) is 49.7 Å². The fourth-order valence-electron chi connectivity index (χ4n) is 2.84. The average Bonchev–Trinajstić information content (AvgIpc) is 2.71. The molecule has 4 nitrogen and oxygen atoms in total. The van der Waals surface area contributed by atoms with Gasteiger partial charge in [-0.05, 0) is 51.6 Å². The van der Waals surface area contributed by atoms with E-state index in [9.17, 15) is 4.79 Å². The third-order valence-corrected chi connectivity index (χ3v) is 4.00. The first-order valence-electron chi connectivity index (χ1n) is 6.71. The molecule has 17 heavy (non-hydrogen) atoms. The van der Waals surface area contributed by atoms with Crippen molar-refractivity contribution in [2.45, 2.75) is 39.2 Å². The first kappa shape index (κ1) is 12.8. The zero-order chi connectivity index (χ0) is 12.3. The lowest BCUT2D eigenvalue weighted by molar-refractivity contribution is -0.137. The first-order valence-corrected chi connectivity index (χ1v) is 6.71. The molecule has 0 aromatic rings. The molecule has 0 unspecified atom stereocenters. The van der Waals surface area contributed by atoms with Gasteiger partial charge >= 0.3 is 0 Å². The summed E-state index contributed by atoms with van der Waals surface area (Å²) in [6.07, 6.45) is 3.72. The molecular formula is C13H24N2O2. The van der Waals surface area contributed by atoms with Crippen molar-refractivity contribution in [3.63, 3.8) is 0 Å². The largest absolute Gasteiger partial charge is 0.369 e. The van der Waals surface area contributed by atoms with E-state index in [1.54, 1.807) is 0 Å². The summed E-state index contributed by atoms with van der Waals surface area (Å²) in [5, 5.41) is 3.39. The predicted molar refractivity (Wildman–Crippen MR) is 66.8 cm³/mol. The van der Waals surface area contributed by atoms with Crippen molar-refractivity contribution in [2.24, 2.45) is 5.41 Å². The molecule has 2 heterocycles. The Morgan fingerprint density at radius 3 is 2.71 bits per heavy atom. The van der Waals surface area contributed by atoms with E-state index in [0.29, 0.717) is 5.41 Å². The number of rotatable bonds is 3. The molecule has 0 atom stereocenters. The van der Waals surface area contributed by atoms with E-state index >= 15 is 0 Å². The molecule has 0 bridgehead atoms. The zero-order valence-electron chi connectivity index (χ0n) is 11.0. The molecule has 1 N–H and O–H groups in total. The fraction of sp³-hybridized carbons (Fsp3) is 0.923. The number of amides is 1. The van der Waals surface area contributed by atoms with E-state index in [1.165, 1.54) is 19.3 Å². The van der Waals surface area contributed by atoms with Gasteiger partial charge in [-0.1, -0.05) is 0 Å². The van der Waals surface area contributed by atoms with Crippen molar-refractivity contribution >= 4 is 5.91 Å². The molecule has 0 aromatic heterocycles. The number of ether oxygens (including phenoxy) is 1. The number of nitrogens with zero attached hydrogens (tertiary/aromatic N) is 1. The molecule has 0 aromatic carbocycles. The van der Waals surface area contributed by atoms with Gasteiger partial charge < -0.3 is 15.0 Å². The number of hydrogen-bond donors (Lipinski definition) is 1. The minimum Gasteiger partial charge on any atom is -0.369 e. The van der Waals surface area contributed by atoms with Gasteiger partial charge in [-0.3, -0.25) is 4.79 Å². The first-order chi connectivity index (χ1) is 8.11. The quantitative estimate of drug-likeness (QED) is 0.800. The van der Waals surface area contributed by atoms with Crippen molar-refractivity contribution in [3.05, 3.63) is 0 Å². The van der Waals surface area contributed by atoms with Gasteiger partial charge in [0.2, 0.25) is 5.91 Å². The maximum absolute atomic E-state index is 12.0. The predicted octanol–water partition coefficient (Wildman–Crippen LogP) is 1.01. The maximum atomic E-state index is 12.0. The third-order valence-electron chi connectivity index (χ3n) is 4.00. The second-order valence-electron chi connectivity index (χ2n) is 5.68. The topological polar surface area (TPSA) is 41.6 Å². The van der Waals surface area contributed by atoms with Crippen LogP contribution in [-0.2, 0) is 9.53 Å². The molecule has 2 aliphatic heterocycles. The summed E-state index contributed by atoms with van der Waals surface area (Å²) in [6.45, 7) is 8.23. The molecule has 0 saturated carbocycles. The van der Waals surface area contributed by atoms with Crippen LogP contribution in [0.1, 0.15) is 33.1 Å². The van der Waals surface area contributed by atoms with Crippen molar-refractivity contribution < 1.29 is 9.53 Å². The van der Waals surface area contributed by atoms with Crippen molar-refractivity contribution in [2.75, 3.05) is 32.8 Å². The highest BCUT2D eigenvalue weighted by Gasteiger charge is 2.40. The lowest BCUT2D eigenvalue weighted by Gasteiger charge is -2.33. The standard InChI is InChI=1S/C13H24N2O2/c1-11(2)17-9-12(16)15-8-5-13(10-15)3-6-14-7-4-13/h11,14H,3-10H2,1-2H3. The number of nitrogens with one attached hydrogen (secondary N) is 1. The Bertz CT molecular complexity index is 273. The summed E-state index contributed by atoms with van der Waals surface area (Å²) in [5.74, 6) is 0.161. The highest BCUT2D eigenvalue weighted by atomic mass is 16.5. The van der Waals surface area contributed by atoms with Crippen LogP contribution >= 0.6 is 0 Å². The van der Waals surface area contributed by atoms with E-state index in [1.807, 2.05) is 18.7 Å². The van der Waals surface area contributed by atoms with Crippen molar-refractivity contribution in [1.29, 1.82) is 0 Å². The fourth-order valence-corrected chi connectivity index (χ4v) is 2.84. The number of piperidine rings is 1. The Hall–Kier alpha value is -0.610. The van der Waals surface area contributed by atoms with Gasteiger partial charge in [-0.25, -0.2) is 0 Å². The number of likely N-dealkylation sites (tertiary alicyclic amines) is 1. The molecule has 0 aliphatic carbocycles. The van der Waals surface area contributed by atoms with E-state index < -0.39 is 0 Å². The van der Waals surface area contributed by atoms with Gasteiger partial charge in [0, 0.05) is 13.1 Å². The molecule has 4 heteroatoms. The normalized spacial score (nSPS) is 23.6. The summed E-state index contributed by atoms with van der Waals surface area (Å²) in [5.41, 5.74) is 0.402. The summed E-state index contributed by atoms with van der Waals surface area (Å²) in [7, 11) is 0. The summed E-state index contributed by atoms with van der Waals surface area (Å²) < 4.78 is 5.39. The van der Waals surface area contributed by atoms with Gasteiger partial charge in [-0.15, -0.1) is 0 Å².